The van der Waals surface area contributed by atoms with E-state index in [2.05, 4.69) is 37.9 Å². The number of hydrogen-bond acceptors (Lipinski definition) is 3. The van der Waals surface area contributed by atoms with E-state index < -0.39 is 0 Å². The first kappa shape index (κ1) is 17.0. The van der Waals surface area contributed by atoms with Gasteiger partial charge in [-0.25, -0.2) is 4.79 Å². The maximum absolute atomic E-state index is 13.1. The van der Waals surface area contributed by atoms with Gasteiger partial charge >= 0.3 is 6.03 Å². The topological polar surface area (TPSA) is 44.8 Å². The van der Waals surface area contributed by atoms with Crippen molar-refractivity contribution in [3.8, 4) is 0 Å². The number of amides is 2. The summed E-state index contributed by atoms with van der Waals surface area (Å²) in [6, 6.07) is 1.04. The Morgan fingerprint density at radius 2 is 2.13 bits per heavy atom. The molecular weight excluding hydrogens is 290 g/mol. The molecule has 2 saturated heterocycles. The number of fused-ring (bicyclic) bond motifs is 1. The van der Waals surface area contributed by atoms with Crippen LogP contribution in [0, 0.1) is 5.92 Å². The Morgan fingerprint density at radius 3 is 2.74 bits per heavy atom. The van der Waals surface area contributed by atoms with E-state index in [9.17, 15) is 4.79 Å². The number of carbonyl (C=O) groups excluding carboxylic acids is 1. The summed E-state index contributed by atoms with van der Waals surface area (Å²) in [4.78, 5) is 17.3. The van der Waals surface area contributed by atoms with Crippen LogP contribution < -0.4 is 5.32 Å². The van der Waals surface area contributed by atoms with Gasteiger partial charge < -0.3 is 19.9 Å². The Bertz CT molecular complexity index is 449. The lowest BCUT2D eigenvalue weighted by Crippen LogP contribution is -2.49. The van der Waals surface area contributed by atoms with Crippen molar-refractivity contribution in [2.45, 2.75) is 76.6 Å². The Morgan fingerprint density at radius 1 is 1.39 bits per heavy atom. The first-order chi connectivity index (χ1) is 10.8. The Labute approximate surface area is 140 Å². The maximum atomic E-state index is 13.1. The quantitative estimate of drug-likeness (QED) is 0.864. The number of methoxy groups -OCH3 is 1. The zero-order valence-corrected chi connectivity index (χ0v) is 15.4. The van der Waals surface area contributed by atoms with Gasteiger partial charge in [0.15, 0.2) is 0 Å². The molecule has 0 aromatic rings. The Balaban J connectivity index is 1.83. The molecule has 0 radical (unpaired) electrons. The van der Waals surface area contributed by atoms with Gasteiger partial charge in [-0.1, -0.05) is 0 Å². The number of carbonyl (C=O) groups is 1. The summed E-state index contributed by atoms with van der Waals surface area (Å²) in [7, 11) is 1.73. The van der Waals surface area contributed by atoms with Crippen molar-refractivity contribution >= 4 is 6.03 Å². The van der Waals surface area contributed by atoms with Crippen LogP contribution in [0.1, 0.15) is 53.4 Å². The van der Waals surface area contributed by atoms with Crippen LogP contribution in [0.2, 0.25) is 0 Å². The summed E-state index contributed by atoms with van der Waals surface area (Å²) < 4.78 is 5.56. The molecule has 1 aliphatic carbocycles. The molecule has 0 aromatic carbocycles. The minimum atomic E-state index is -0.298. The fraction of sp³-hybridized carbons (Fsp3) is 0.944. The highest BCUT2D eigenvalue weighted by Crippen LogP contribution is 2.47. The molecule has 132 valence electrons. The average Bonchev–Trinajstić information content (AvgIpc) is 2.95. The minimum Gasteiger partial charge on any atom is -0.377 e. The van der Waals surface area contributed by atoms with Crippen molar-refractivity contribution in [2.24, 2.45) is 5.92 Å². The predicted octanol–water partition coefficient (Wildman–Crippen LogP) is 2.46. The lowest BCUT2D eigenvalue weighted by atomic mass is 9.91. The first-order valence-electron chi connectivity index (χ1n) is 9.15. The standard InChI is InChI=1S/C18H33N3O2/c1-13(2)21-16(22)20(11-17(3,4)23-5)12-18(21)9-14-7-6-8-19-15(14)10-18/h13-15,19H,6-12H2,1-5H3. The number of nitrogens with zero attached hydrogens (tertiary/aromatic N) is 2. The fourth-order valence-electron chi connectivity index (χ4n) is 5.08. The van der Waals surface area contributed by atoms with E-state index in [4.69, 9.17) is 4.74 Å². The van der Waals surface area contributed by atoms with Crippen molar-refractivity contribution in [1.82, 2.24) is 15.1 Å². The maximum Gasteiger partial charge on any atom is 0.320 e. The van der Waals surface area contributed by atoms with E-state index >= 15 is 0 Å². The number of hydrogen-bond donors (Lipinski definition) is 1. The molecule has 3 rings (SSSR count). The van der Waals surface area contributed by atoms with Gasteiger partial charge in [-0.15, -0.1) is 0 Å². The van der Waals surface area contributed by atoms with Gasteiger partial charge in [0.1, 0.15) is 0 Å². The van der Waals surface area contributed by atoms with Crippen LogP contribution >= 0.6 is 0 Å². The minimum absolute atomic E-state index is 0.0156. The molecule has 1 N–H and O–H groups in total. The molecule has 5 heteroatoms. The Kier molecular flexibility index (Phi) is 4.38. The zero-order valence-electron chi connectivity index (χ0n) is 15.4. The largest absolute Gasteiger partial charge is 0.377 e. The second kappa shape index (κ2) is 5.92. The summed E-state index contributed by atoms with van der Waals surface area (Å²) in [6.07, 6.45) is 4.83. The van der Waals surface area contributed by atoms with E-state index in [0.717, 1.165) is 31.8 Å². The van der Waals surface area contributed by atoms with Gasteiger partial charge in [0, 0.05) is 25.7 Å². The molecule has 2 aliphatic heterocycles. The SMILES string of the molecule is COC(C)(C)CN1CC2(CC3CCCNC3C2)N(C(C)C)C1=O. The molecule has 3 aliphatic rings. The van der Waals surface area contributed by atoms with Crippen LogP contribution in [-0.4, -0.2) is 65.8 Å². The zero-order chi connectivity index (χ0) is 16.8. The number of urea groups is 1. The van der Waals surface area contributed by atoms with Crippen molar-refractivity contribution in [3.05, 3.63) is 0 Å². The monoisotopic (exact) mass is 323 g/mol. The summed E-state index contributed by atoms with van der Waals surface area (Å²) in [5.41, 5.74) is -0.283. The normalized spacial score (nSPS) is 34.8. The first-order valence-corrected chi connectivity index (χ1v) is 9.15. The van der Waals surface area contributed by atoms with E-state index in [1.807, 2.05) is 4.90 Å². The lowest BCUT2D eigenvalue weighted by molar-refractivity contribution is 0.00288. The third kappa shape index (κ3) is 2.98. The average molecular weight is 323 g/mol. The van der Waals surface area contributed by atoms with Crippen molar-refractivity contribution in [3.63, 3.8) is 0 Å². The second-order valence-electron chi connectivity index (χ2n) is 8.66. The van der Waals surface area contributed by atoms with Crippen molar-refractivity contribution in [1.29, 1.82) is 0 Å². The van der Waals surface area contributed by atoms with Crippen LogP contribution in [0.15, 0.2) is 0 Å². The molecule has 0 aromatic heterocycles. The highest BCUT2D eigenvalue weighted by Gasteiger charge is 2.57. The van der Waals surface area contributed by atoms with Crippen LogP contribution in [-0.2, 0) is 4.74 Å². The van der Waals surface area contributed by atoms with Crippen molar-refractivity contribution in [2.75, 3.05) is 26.7 Å². The molecule has 3 atom stereocenters. The molecule has 0 bridgehead atoms. The summed E-state index contributed by atoms with van der Waals surface area (Å²) in [6.45, 7) is 11.1. The number of nitrogens with one attached hydrogen (secondary N) is 1. The molecule has 1 saturated carbocycles. The molecule has 2 heterocycles. The summed E-state index contributed by atoms with van der Waals surface area (Å²) in [5.74, 6) is 0.730. The van der Waals surface area contributed by atoms with Gasteiger partial charge in [-0.3, -0.25) is 0 Å². The third-order valence-corrected chi connectivity index (χ3v) is 6.08. The van der Waals surface area contributed by atoms with Crippen LogP contribution in [0.5, 0.6) is 0 Å². The summed E-state index contributed by atoms with van der Waals surface area (Å²) in [5, 5.41) is 3.70. The fourth-order valence-corrected chi connectivity index (χ4v) is 5.08. The molecule has 1 spiro atoms. The lowest BCUT2D eigenvalue weighted by Gasteiger charge is -2.36. The number of piperidine rings is 1. The van der Waals surface area contributed by atoms with Gasteiger partial charge in [-0.2, -0.15) is 0 Å². The van der Waals surface area contributed by atoms with E-state index in [0.29, 0.717) is 12.6 Å². The van der Waals surface area contributed by atoms with Gasteiger partial charge in [0.2, 0.25) is 0 Å². The number of ether oxygens (including phenoxy) is 1. The molecular formula is C18H33N3O2. The van der Waals surface area contributed by atoms with E-state index in [1.54, 1.807) is 7.11 Å². The predicted molar refractivity (Wildman–Crippen MR) is 91.5 cm³/mol. The highest BCUT2D eigenvalue weighted by molar-refractivity contribution is 5.79. The number of rotatable bonds is 4. The summed E-state index contributed by atoms with van der Waals surface area (Å²) >= 11 is 0. The highest BCUT2D eigenvalue weighted by atomic mass is 16.5. The molecule has 2 amide bonds. The smallest absolute Gasteiger partial charge is 0.320 e. The van der Waals surface area contributed by atoms with E-state index in [1.165, 1.54) is 12.8 Å². The second-order valence-corrected chi connectivity index (χ2v) is 8.66. The van der Waals surface area contributed by atoms with E-state index in [-0.39, 0.29) is 23.2 Å². The molecule has 23 heavy (non-hydrogen) atoms. The Hall–Kier alpha value is -0.810. The molecule has 3 unspecified atom stereocenters. The van der Waals surface area contributed by atoms with Crippen molar-refractivity contribution < 1.29 is 9.53 Å². The van der Waals surface area contributed by atoms with Gasteiger partial charge in [0.25, 0.3) is 0 Å². The third-order valence-electron chi connectivity index (χ3n) is 6.08. The molecule has 3 fully saturated rings. The molecule has 5 nitrogen and oxygen atoms in total. The van der Waals surface area contributed by atoms with Gasteiger partial charge in [-0.05, 0) is 65.8 Å². The van der Waals surface area contributed by atoms with Crippen LogP contribution in [0.4, 0.5) is 4.79 Å². The van der Waals surface area contributed by atoms with Crippen LogP contribution in [0.25, 0.3) is 0 Å². The van der Waals surface area contributed by atoms with Crippen LogP contribution in [0.3, 0.4) is 0 Å². The van der Waals surface area contributed by atoms with Gasteiger partial charge in [0.05, 0.1) is 17.7 Å².